The van der Waals surface area contributed by atoms with Gasteiger partial charge >= 0.3 is 0 Å². The third-order valence-corrected chi connectivity index (χ3v) is 3.67. The van der Waals surface area contributed by atoms with Gasteiger partial charge in [-0.05, 0) is 19.5 Å². The summed E-state index contributed by atoms with van der Waals surface area (Å²) in [5.41, 5.74) is 0. The van der Waals surface area contributed by atoms with Crippen LogP contribution in [0.2, 0.25) is 5.02 Å². The predicted octanol–water partition coefficient (Wildman–Crippen LogP) is 2.43. The molecule has 1 N–H and O–H groups in total. The van der Waals surface area contributed by atoms with Gasteiger partial charge in [-0.25, -0.2) is 0 Å². The highest BCUT2D eigenvalue weighted by atomic mass is 35.5. The molecule has 0 aliphatic carbocycles. The van der Waals surface area contributed by atoms with E-state index in [4.69, 9.17) is 11.6 Å². The molecule has 0 aliphatic heterocycles. The number of carbonyl (C=O) groups is 1. The highest BCUT2D eigenvalue weighted by molar-refractivity contribution is 7.10. The normalized spacial score (nSPS) is 9.82. The first-order valence-electron chi connectivity index (χ1n) is 5.25. The molecule has 3 nitrogen and oxygen atoms in total. The van der Waals surface area contributed by atoms with Crippen molar-refractivity contribution in [3.05, 3.63) is 21.3 Å². The molecule has 0 saturated carbocycles. The Hall–Kier alpha value is -0.290. The maximum absolute atomic E-state index is 11.7. The van der Waals surface area contributed by atoms with Crippen molar-refractivity contribution in [1.82, 2.24) is 10.2 Å². The number of nitrogens with one attached hydrogen (secondary N) is 1. The van der Waals surface area contributed by atoms with Crippen molar-refractivity contribution in [3.8, 4) is 0 Å². The van der Waals surface area contributed by atoms with Crippen molar-refractivity contribution in [3.63, 3.8) is 0 Å². The van der Waals surface area contributed by atoms with Gasteiger partial charge in [-0.3, -0.25) is 4.79 Å². The molecule has 1 aromatic rings. The van der Waals surface area contributed by atoms with Crippen LogP contribution >= 0.6 is 35.3 Å². The molecule has 1 amide bonds. The lowest BCUT2D eigenvalue weighted by Gasteiger charge is -2.16. The van der Waals surface area contributed by atoms with E-state index in [-0.39, 0.29) is 18.3 Å². The van der Waals surface area contributed by atoms with Crippen LogP contribution in [-0.4, -0.2) is 38.0 Å². The molecule has 0 spiro atoms. The fourth-order valence-electron chi connectivity index (χ4n) is 1.31. The van der Waals surface area contributed by atoms with Crippen molar-refractivity contribution in [2.75, 3.05) is 27.2 Å². The van der Waals surface area contributed by atoms with Gasteiger partial charge in [0, 0.05) is 36.8 Å². The molecule has 1 aromatic heterocycles. The first-order chi connectivity index (χ1) is 7.63. The maximum atomic E-state index is 11.7. The lowest BCUT2D eigenvalue weighted by atomic mass is 10.2. The van der Waals surface area contributed by atoms with E-state index in [1.165, 1.54) is 4.88 Å². The zero-order valence-corrected chi connectivity index (χ0v) is 12.4. The number of likely N-dealkylation sites (N-methyl/N-ethyl adjacent to an activating group) is 2. The SMILES string of the molecule is CNCCN(C)C(=O)CCc1cc(Cl)cs1.Cl. The number of hydrogen-bond acceptors (Lipinski definition) is 3. The van der Waals surface area contributed by atoms with E-state index in [0.29, 0.717) is 6.42 Å². The van der Waals surface area contributed by atoms with Gasteiger partial charge in [-0.1, -0.05) is 11.6 Å². The Labute approximate surface area is 118 Å². The lowest BCUT2D eigenvalue weighted by Crippen LogP contribution is -2.32. The summed E-state index contributed by atoms with van der Waals surface area (Å²) in [6.07, 6.45) is 1.33. The molecule has 1 heterocycles. The minimum Gasteiger partial charge on any atom is -0.344 e. The van der Waals surface area contributed by atoms with E-state index in [9.17, 15) is 4.79 Å². The molecule has 0 unspecified atom stereocenters. The molecular weight excluding hydrogens is 279 g/mol. The van der Waals surface area contributed by atoms with E-state index in [0.717, 1.165) is 24.5 Å². The molecule has 0 aliphatic rings. The van der Waals surface area contributed by atoms with Gasteiger partial charge in [0.2, 0.25) is 5.91 Å². The molecule has 6 heteroatoms. The molecule has 0 saturated heterocycles. The molecule has 0 bridgehead atoms. The second-order valence-corrected chi connectivity index (χ2v) is 5.08. The Kier molecular flexibility index (Phi) is 8.60. The third kappa shape index (κ3) is 6.27. The molecule has 17 heavy (non-hydrogen) atoms. The number of hydrogen-bond donors (Lipinski definition) is 1. The summed E-state index contributed by atoms with van der Waals surface area (Å²) in [5.74, 6) is 0.180. The van der Waals surface area contributed by atoms with Gasteiger partial charge in [-0.15, -0.1) is 23.7 Å². The summed E-state index contributed by atoms with van der Waals surface area (Å²) in [4.78, 5) is 14.6. The minimum atomic E-state index is 0. The van der Waals surface area contributed by atoms with E-state index < -0.39 is 0 Å². The second-order valence-electron chi connectivity index (χ2n) is 3.65. The zero-order valence-electron chi connectivity index (χ0n) is 10.0. The quantitative estimate of drug-likeness (QED) is 0.874. The van der Waals surface area contributed by atoms with Crippen molar-refractivity contribution < 1.29 is 4.79 Å². The summed E-state index contributed by atoms with van der Waals surface area (Å²) in [6, 6.07) is 1.92. The topological polar surface area (TPSA) is 32.3 Å². The van der Waals surface area contributed by atoms with Gasteiger partial charge in [-0.2, -0.15) is 0 Å². The summed E-state index contributed by atoms with van der Waals surface area (Å²) >= 11 is 7.42. The van der Waals surface area contributed by atoms with Crippen molar-refractivity contribution in [2.45, 2.75) is 12.8 Å². The van der Waals surface area contributed by atoms with E-state index in [2.05, 4.69) is 5.32 Å². The monoisotopic (exact) mass is 296 g/mol. The van der Waals surface area contributed by atoms with Gasteiger partial charge in [0.05, 0.1) is 5.02 Å². The number of halogens is 2. The summed E-state index contributed by atoms with van der Waals surface area (Å²) in [5, 5.41) is 5.68. The van der Waals surface area contributed by atoms with Crippen LogP contribution in [0.4, 0.5) is 0 Å². The van der Waals surface area contributed by atoms with E-state index >= 15 is 0 Å². The van der Waals surface area contributed by atoms with Gasteiger partial charge < -0.3 is 10.2 Å². The Balaban J connectivity index is 0.00000256. The first kappa shape index (κ1) is 16.7. The lowest BCUT2D eigenvalue weighted by molar-refractivity contribution is -0.129. The number of amides is 1. The highest BCUT2D eigenvalue weighted by Crippen LogP contribution is 2.20. The number of thiophene rings is 1. The molecular formula is C11H18Cl2N2OS. The molecule has 1 rings (SSSR count). The van der Waals surface area contributed by atoms with Crippen molar-refractivity contribution >= 4 is 41.3 Å². The number of nitrogens with zero attached hydrogens (tertiary/aromatic N) is 1. The molecule has 0 aromatic carbocycles. The fraction of sp³-hybridized carbons (Fsp3) is 0.545. The Morgan fingerprint density at radius 2 is 2.29 bits per heavy atom. The summed E-state index contributed by atoms with van der Waals surface area (Å²) in [6.45, 7) is 1.58. The Morgan fingerprint density at radius 1 is 1.59 bits per heavy atom. The average molecular weight is 297 g/mol. The average Bonchev–Trinajstić information content (AvgIpc) is 2.68. The van der Waals surface area contributed by atoms with Crippen LogP contribution in [0.15, 0.2) is 11.4 Å². The standard InChI is InChI=1S/C11H17ClN2OS.ClH/c1-13-5-6-14(2)11(15)4-3-10-7-9(12)8-16-10;/h7-8,13H,3-6H2,1-2H3;1H. The van der Waals surface area contributed by atoms with Crippen LogP contribution in [0.1, 0.15) is 11.3 Å². The van der Waals surface area contributed by atoms with Crippen LogP contribution in [0, 0.1) is 0 Å². The van der Waals surface area contributed by atoms with Crippen LogP contribution in [0.25, 0.3) is 0 Å². The summed E-state index contributed by atoms with van der Waals surface area (Å²) in [7, 11) is 3.72. The predicted molar refractivity (Wildman–Crippen MR) is 76.5 cm³/mol. The van der Waals surface area contributed by atoms with E-state index in [1.807, 2.05) is 25.5 Å². The molecule has 0 radical (unpaired) electrons. The zero-order chi connectivity index (χ0) is 12.0. The van der Waals surface area contributed by atoms with Crippen molar-refractivity contribution in [1.29, 1.82) is 0 Å². The molecule has 0 atom stereocenters. The maximum Gasteiger partial charge on any atom is 0.222 e. The summed E-state index contributed by atoms with van der Waals surface area (Å²) < 4.78 is 0. The van der Waals surface area contributed by atoms with Crippen LogP contribution < -0.4 is 5.32 Å². The minimum absolute atomic E-state index is 0. The van der Waals surface area contributed by atoms with Gasteiger partial charge in [0.25, 0.3) is 0 Å². The largest absolute Gasteiger partial charge is 0.344 e. The van der Waals surface area contributed by atoms with E-state index in [1.54, 1.807) is 16.2 Å². The number of aryl methyl sites for hydroxylation is 1. The van der Waals surface area contributed by atoms with Gasteiger partial charge in [0.15, 0.2) is 0 Å². The Bertz CT molecular complexity index is 344. The molecule has 98 valence electrons. The third-order valence-electron chi connectivity index (χ3n) is 2.33. The number of rotatable bonds is 6. The van der Waals surface area contributed by atoms with Crippen LogP contribution in [-0.2, 0) is 11.2 Å². The number of carbonyl (C=O) groups excluding carboxylic acids is 1. The molecule has 0 fully saturated rings. The first-order valence-corrected chi connectivity index (χ1v) is 6.50. The fourth-order valence-corrected chi connectivity index (χ4v) is 2.39. The smallest absolute Gasteiger partial charge is 0.222 e. The second kappa shape index (κ2) is 8.75. The highest BCUT2D eigenvalue weighted by Gasteiger charge is 2.08. The Morgan fingerprint density at radius 3 is 2.82 bits per heavy atom. The van der Waals surface area contributed by atoms with Crippen LogP contribution in [0.5, 0.6) is 0 Å². The van der Waals surface area contributed by atoms with Gasteiger partial charge in [0.1, 0.15) is 0 Å². The van der Waals surface area contributed by atoms with Crippen LogP contribution in [0.3, 0.4) is 0 Å². The van der Waals surface area contributed by atoms with Crippen molar-refractivity contribution in [2.24, 2.45) is 0 Å².